The fourth-order valence-corrected chi connectivity index (χ4v) is 4.62. The molecule has 3 rings (SSSR count). The van der Waals surface area contributed by atoms with Crippen molar-refractivity contribution >= 4 is 6.08 Å². The van der Waals surface area contributed by atoms with Crippen LogP contribution in [0.25, 0.3) is 17.2 Å². The maximum atomic E-state index is 2.52. The molecule has 168 valence electrons. The lowest BCUT2D eigenvalue weighted by atomic mass is 9.75. The van der Waals surface area contributed by atoms with E-state index >= 15 is 0 Å². The molecule has 0 fully saturated rings. The van der Waals surface area contributed by atoms with Crippen molar-refractivity contribution in [3.63, 3.8) is 0 Å². The largest absolute Gasteiger partial charge is 0.0654 e. The molecule has 0 heteroatoms. The summed E-state index contributed by atoms with van der Waals surface area (Å²) in [5, 5.41) is 0. The Balaban J connectivity index is 2.32. The number of hydrogen-bond donors (Lipinski definition) is 0. The first kappa shape index (κ1) is 23.8. The van der Waals surface area contributed by atoms with Gasteiger partial charge in [-0.25, -0.2) is 0 Å². The smallest absolute Gasteiger partial charge is 0.00576 e. The third-order valence-electron chi connectivity index (χ3n) is 6.71. The highest BCUT2D eigenvalue weighted by Gasteiger charge is 2.27. The van der Waals surface area contributed by atoms with E-state index in [0.717, 1.165) is 6.42 Å². The van der Waals surface area contributed by atoms with Crippen LogP contribution in [0.5, 0.6) is 0 Å². The van der Waals surface area contributed by atoms with Crippen LogP contribution >= 0.6 is 0 Å². The maximum Gasteiger partial charge on any atom is -0.00576 e. The van der Waals surface area contributed by atoms with Crippen LogP contribution in [0.1, 0.15) is 116 Å². The van der Waals surface area contributed by atoms with Crippen LogP contribution in [0.15, 0.2) is 35.9 Å². The second kappa shape index (κ2) is 8.27. The van der Waals surface area contributed by atoms with Gasteiger partial charge >= 0.3 is 0 Å². The Morgan fingerprint density at radius 3 is 1.81 bits per heavy atom. The first-order valence-electron chi connectivity index (χ1n) is 12.2. The summed E-state index contributed by atoms with van der Waals surface area (Å²) < 4.78 is 0. The lowest BCUT2D eigenvalue weighted by molar-refractivity contribution is 0.568. The van der Waals surface area contributed by atoms with Crippen molar-refractivity contribution < 1.29 is 0 Å². The van der Waals surface area contributed by atoms with E-state index in [-0.39, 0.29) is 16.2 Å². The molecule has 0 amide bonds. The zero-order chi connectivity index (χ0) is 23.2. The fourth-order valence-electron chi connectivity index (χ4n) is 4.62. The fraction of sp³-hybridized carbons (Fsp3) is 0.548. The molecule has 0 aromatic heterocycles. The molecule has 0 N–H and O–H groups in total. The summed E-state index contributed by atoms with van der Waals surface area (Å²) in [6.07, 6.45) is 7.42. The van der Waals surface area contributed by atoms with Gasteiger partial charge in [-0.3, -0.25) is 0 Å². The van der Waals surface area contributed by atoms with Crippen molar-refractivity contribution in [2.75, 3.05) is 0 Å². The summed E-state index contributed by atoms with van der Waals surface area (Å²) in [5.74, 6) is 0. The van der Waals surface area contributed by atoms with Crippen molar-refractivity contribution in [1.29, 1.82) is 0 Å². The minimum atomic E-state index is 0.101. The van der Waals surface area contributed by atoms with Crippen LogP contribution < -0.4 is 0 Å². The zero-order valence-corrected chi connectivity index (χ0v) is 21.8. The summed E-state index contributed by atoms with van der Waals surface area (Å²) >= 11 is 0. The van der Waals surface area contributed by atoms with E-state index < -0.39 is 0 Å². The normalized spacial score (nSPS) is 14.6. The van der Waals surface area contributed by atoms with Crippen LogP contribution in [-0.2, 0) is 22.7 Å². The molecule has 0 unspecified atom stereocenters. The van der Waals surface area contributed by atoms with E-state index in [2.05, 4.69) is 106 Å². The predicted octanol–water partition coefficient (Wildman–Crippen LogP) is 9.38. The van der Waals surface area contributed by atoms with E-state index in [1.165, 1.54) is 58.2 Å². The first-order valence-corrected chi connectivity index (χ1v) is 12.2. The SMILES string of the molecule is CCCCC1=Cc2c(ccc(C(C)(C)C)c2-c2cc(C(C)(C)C)cc(C(C)(C)C)c2)C1. The Kier molecular flexibility index (Phi) is 6.36. The lowest BCUT2D eigenvalue weighted by Crippen LogP contribution is -2.18. The van der Waals surface area contributed by atoms with E-state index in [9.17, 15) is 0 Å². The van der Waals surface area contributed by atoms with Gasteiger partial charge in [-0.1, -0.05) is 118 Å². The molecule has 0 radical (unpaired) electrons. The van der Waals surface area contributed by atoms with Gasteiger partial charge in [0.2, 0.25) is 0 Å². The monoisotopic (exact) mass is 416 g/mol. The van der Waals surface area contributed by atoms with E-state index in [1.54, 1.807) is 5.57 Å². The van der Waals surface area contributed by atoms with E-state index in [0.29, 0.717) is 0 Å². The Hall–Kier alpha value is -1.82. The van der Waals surface area contributed by atoms with Crippen molar-refractivity contribution in [2.24, 2.45) is 0 Å². The van der Waals surface area contributed by atoms with Gasteiger partial charge in [-0.2, -0.15) is 0 Å². The van der Waals surface area contributed by atoms with Crippen LogP contribution in [0.2, 0.25) is 0 Å². The van der Waals surface area contributed by atoms with Crippen molar-refractivity contribution in [3.8, 4) is 11.1 Å². The highest BCUT2D eigenvalue weighted by atomic mass is 14.3. The lowest BCUT2D eigenvalue weighted by Gasteiger charge is -2.29. The molecule has 2 aromatic carbocycles. The maximum absolute atomic E-state index is 2.52. The van der Waals surface area contributed by atoms with E-state index in [4.69, 9.17) is 0 Å². The Morgan fingerprint density at radius 1 is 0.742 bits per heavy atom. The Bertz CT molecular complexity index is 946. The molecular weight excluding hydrogens is 372 g/mol. The standard InChI is InChI=1S/C31H44/c1-11-12-13-21-16-22-14-15-27(31(8,9)10)28(26(22)17-21)23-18-24(29(2,3)4)20-25(19-23)30(5,6)7/h14-15,17-20H,11-13,16H2,1-10H3. The second-order valence-electron chi connectivity index (χ2n) is 12.7. The number of fused-ring (bicyclic) bond motifs is 1. The average Bonchev–Trinajstić information content (AvgIpc) is 3.06. The molecule has 1 aliphatic rings. The van der Waals surface area contributed by atoms with Gasteiger partial charge in [0.25, 0.3) is 0 Å². The molecule has 31 heavy (non-hydrogen) atoms. The van der Waals surface area contributed by atoms with Gasteiger partial charge in [0.05, 0.1) is 0 Å². The summed E-state index contributed by atoms with van der Waals surface area (Å²) in [6, 6.07) is 12.2. The third-order valence-corrected chi connectivity index (χ3v) is 6.71. The number of benzene rings is 2. The first-order chi connectivity index (χ1) is 14.2. The quantitative estimate of drug-likeness (QED) is 0.465. The van der Waals surface area contributed by atoms with Gasteiger partial charge in [-0.05, 0) is 74.5 Å². The predicted molar refractivity (Wildman–Crippen MR) is 139 cm³/mol. The molecule has 0 saturated carbocycles. The molecule has 2 aromatic rings. The molecule has 0 aliphatic heterocycles. The van der Waals surface area contributed by atoms with Gasteiger partial charge in [0, 0.05) is 0 Å². The summed E-state index contributed by atoms with van der Waals surface area (Å²) in [6.45, 7) is 23.4. The van der Waals surface area contributed by atoms with Crippen LogP contribution in [0.4, 0.5) is 0 Å². The highest BCUT2D eigenvalue weighted by Crippen LogP contribution is 2.44. The molecule has 0 heterocycles. The summed E-state index contributed by atoms with van der Waals surface area (Å²) in [4.78, 5) is 0. The van der Waals surface area contributed by atoms with Gasteiger partial charge in [-0.15, -0.1) is 0 Å². The van der Waals surface area contributed by atoms with Crippen molar-refractivity contribution in [2.45, 2.75) is 111 Å². The highest BCUT2D eigenvalue weighted by molar-refractivity contribution is 5.84. The zero-order valence-electron chi connectivity index (χ0n) is 21.8. The number of allylic oxidation sites excluding steroid dienone is 1. The number of unbranched alkanes of at least 4 members (excludes halogenated alkanes) is 1. The average molecular weight is 417 g/mol. The van der Waals surface area contributed by atoms with Crippen LogP contribution in [-0.4, -0.2) is 0 Å². The Labute approximate surface area is 192 Å². The van der Waals surface area contributed by atoms with Gasteiger partial charge < -0.3 is 0 Å². The second-order valence-corrected chi connectivity index (χ2v) is 12.7. The van der Waals surface area contributed by atoms with Gasteiger partial charge in [0.1, 0.15) is 0 Å². The van der Waals surface area contributed by atoms with Crippen LogP contribution in [0, 0.1) is 0 Å². The number of rotatable bonds is 4. The molecule has 0 bridgehead atoms. The molecule has 0 atom stereocenters. The molecular formula is C31H44. The van der Waals surface area contributed by atoms with Crippen molar-refractivity contribution in [1.82, 2.24) is 0 Å². The molecule has 0 saturated heterocycles. The minimum absolute atomic E-state index is 0.101. The minimum Gasteiger partial charge on any atom is -0.0654 e. The number of hydrogen-bond acceptors (Lipinski definition) is 0. The van der Waals surface area contributed by atoms with Crippen LogP contribution in [0.3, 0.4) is 0 Å². The molecule has 1 aliphatic carbocycles. The summed E-state index contributed by atoms with van der Waals surface area (Å²) in [5.41, 5.74) is 12.1. The Morgan fingerprint density at radius 2 is 1.32 bits per heavy atom. The molecule has 0 nitrogen and oxygen atoms in total. The van der Waals surface area contributed by atoms with Gasteiger partial charge in [0.15, 0.2) is 0 Å². The van der Waals surface area contributed by atoms with Crippen molar-refractivity contribution in [3.05, 3.63) is 63.7 Å². The molecule has 0 spiro atoms. The third kappa shape index (κ3) is 5.16. The summed E-state index contributed by atoms with van der Waals surface area (Å²) in [7, 11) is 0. The topological polar surface area (TPSA) is 0 Å². The van der Waals surface area contributed by atoms with E-state index in [1.807, 2.05) is 0 Å².